The molecule has 0 radical (unpaired) electrons. The standard InChI is InChI=1S/C19H18Cl3N5O3S2/c20-14-3-5-16(6-4-14)32(29,30)27(10-13-1-2-15(21)9-17(13)22)11-18(28)23-7-8-31-19-24-12-25-26-19/h1-6,9,12H,7-8,10-11H2,(H,23,28)(H,24,25,26). The van der Waals surface area contributed by atoms with Gasteiger partial charge in [-0.15, -0.1) is 0 Å². The highest BCUT2D eigenvalue weighted by atomic mass is 35.5. The summed E-state index contributed by atoms with van der Waals surface area (Å²) in [5.41, 5.74) is 0.516. The van der Waals surface area contributed by atoms with E-state index in [1.54, 1.807) is 12.1 Å². The minimum atomic E-state index is -4.01. The number of H-pyrrole nitrogens is 1. The summed E-state index contributed by atoms with van der Waals surface area (Å²) >= 11 is 19.4. The van der Waals surface area contributed by atoms with Crippen molar-refractivity contribution >= 4 is 62.5 Å². The molecule has 8 nitrogen and oxygen atoms in total. The molecule has 0 aliphatic rings. The van der Waals surface area contributed by atoms with Crippen LogP contribution >= 0.6 is 46.6 Å². The number of hydrogen-bond donors (Lipinski definition) is 2. The van der Waals surface area contributed by atoms with Gasteiger partial charge in [-0.3, -0.25) is 9.89 Å². The number of halogens is 3. The summed E-state index contributed by atoms with van der Waals surface area (Å²) < 4.78 is 27.6. The first-order valence-corrected chi connectivity index (χ1v) is 12.8. The van der Waals surface area contributed by atoms with Gasteiger partial charge in [-0.2, -0.15) is 9.40 Å². The van der Waals surface area contributed by atoms with Gasteiger partial charge in [-0.25, -0.2) is 13.4 Å². The van der Waals surface area contributed by atoms with Gasteiger partial charge >= 0.3 is 0 Å². The highest BCUT2D eigenvalue weighted by Crippen LogP contribution is 2.25. The van der Waals surface area contributed by atoms with Crippen LogP contribution < -0.4 is 5.32 Å². The molecule has 0 aliphatic heterocycles. The lowest BCUT2D eigenvalue weighted by Gasteiger charge is -2.22. The van der Waals surface area contributed by atoms with Crippen molar-refractivity contribution in [1.29, 1.82) is 0 Å². The summed E-state index contributed by atoms with van der Waals surface area (Å²) in [5.74, 6) is 0.0826. The van der Waals surface area contributed by atoms with E-state index in [2.05, 4.69) is 20.5 Å². The maximum atomic E-state index is 13.3. The van der Waals surface area contributed by atoms with E-state index in [4.69, 9.17) is 34.8 Å². The molecule has 3 rings (SSSR count). The molecule has 2 aromatic carbocycles. The van der Waals surface area contributed by atoms with Crippen molar-refractivity contribution in [2.45, 2.75) is 16.6 Å². The largest absolute Gasteiger partial charge is 0.354 e. The number of sulfonamides is 1. The number of thioether (sulfide) groups is 1. The topological polar surface area (TPSA) is 108 Å². The summed E-state index contributed by atoms with van der Waals surface area (Å²) in [6.07, 6.45) is 1.39. The normalized spacial score (nSPS) is 11.6. The lowest BCUT2D eigenvalue weighted by molar-refractivity contribution is -0.121. The zero-order valence-corrected chi connectivity index (χ0v) is 20.4. The average molecular weight is 535 g/mol. The third-order valence-corrected chi connectivity index (χ3v) is 7.71. The van der Waals surface area contributed by atoms with Crippen molar-refractivity contribution in [3.05, 3.63) is 69.4 Å². The number of benzene rings is 2. The quantitative estimate of drug-likeness (QED) is 0.302. The van der Waals surface area contributed by atoms with Gasteiger partial charge < -0.3 is 5.32 Å². The number of nitrogens with zero attached hydrogens (tertiary/aromatic N) is 3. The highest BCUT2D eigenvalue weighted by molar-refractivity contribution is 7.99. The van der Waals surface area contributed by atoms with Crippen LogP contribution in [0.15, 0.2) is 58.8 Å². The Morgan fingerprint density at radius 2 is 1.81 bits per heavy atom. The predicted molar refractivity (Wildman–Crippen MR) is 126 cm³/mol. The Hall–Kier alpha value is -1.82. The van der Waals surface area contributed by atoms with E-state index in [0.717, 1.165) is 4.31 Å². The van der Waals surface area contributed by atoms with E-state index in [-0.39, 0.29) is 11.4 Å². The predicted octanol–water partition coefficient (Wildman–Crippen LogP) is 3.86. The summed E-state index contributed by atoms with van der Waals surface area (Å²) in [4.78, 5) is 16.5. The van der Waals surface area contributed by atoms with E-state index in [0.29, 0.717) is 38.1 Å². The molecule has 0 aliphatic carbocycles. The molecule has 3 aromatic rings. The molecule has 0 atom stereocenters. The van der Waals surface area contributed by atoms with Crippen LogP contribution in [0, 0.1) is 0 Å². The number of carbonyl (C=O) groups is 1. The Morgan fingerprint density at radius 3 is 2.47 bits per heavy atom. The summed E-state index contributed by atoms with van der Waals surface area (Å²) in [5, 5.41) is 10.9. The van der Waals surface area contributed by atoms with Gasteiger partial charge in [0.25, 0.3) is 0 Å². The molecular formula is C19H18Cl3N5O3S2. The number of amides is 1. The van der Waals surface area contributed by atoms with Crippen molar-refractivity contribution in [2.75, 3.05) is 18.8 Å². The van der Waals surface area contributed by atoms with Gasteiger partial charge in [0.1, 0.15) is 6.33 Å². The summed E-state index contributed by atoms with van der Waals surface area (Å²) in [6, 6.07) is 10.5. The number of carbonyl (C=O) groups excluding carboxylic acids is 1. The van der Waals surface area contributed by atoms with Crippen molar-refractivity contribution in [3.63, 3.8) is 0 Å². The molecule has 0 bridgehead atoms. The first kappa shape index (κ1) is 24.8. The van der Waals surface area contributed by atoms with Gasteiger partial charge in [-0.1, -0.05) is 52.6 Å². The van der Waals surface area contributed by atoms with Crippen LogP contribution in [0.25, 0.3) is 0 Å². The van der Waals surface area contributed by atoms with Crippen molar-refractivity contribution < 1.29 is 13.2 Å². The molecule has 0 saturated carbocycles. The lowest BCUT2D eigenvalue weighted by Crippen LogP contribution is -2.41. The highest BCUT2D eigenvalue weighted by Gasteiger charge is 2.27. The van der Waals surface area contributed by atoms with E-state index in [9.17, 15) is 13.2 Å². The van der Waals surface area contributed by atoms with Gasteiger partial charge in [0.15, 0.2) is 5.16 Å². The van der Waals surface area contributed by atoms with Crippen LogP contribution in [0.5, 0.6) is 0 Å². The van der Waals surface area contributed by atoms with Crippen LogP contribution in [0.1, 0.15) is 5.56 Å². The molecule has 0 saturated heterocycles. The molecule has 32 heavy (non-hydrogen) atoms. The van der Waals surface area contributed by atoms with Gasteiger partial charge in [0.05, 0.1) is 11.4 Å². The SMILES string of the molecule is O=C(CN(Cc1ccc(Cl)cc1Cl)S(=O)(=O)c1ccc(Cl)cc1)NCCSc1ncn[nH]1. The Balaban J connectivity index is 1.73. The lowest BCUT2D eigenvalue weighted by atomic mass is 10.2. The third kappa shape index (κ3) is 6.84. The van der Waals surface area contributed by atoms with E-state index in [1.807, 2.05) is 0 Å². The van der Waals surface area contributed by atoms with Crippen LogP contribution in [0.4, 0.5) is 0 Å². The second-order valence-electron chi connectivity index (χ2n) is 6.45. The maximum Gasteiger partial charge on any atom is 0.243 e. The van der Waals surface area contributed by atoms with Gasteiger partial charge in [0.2, 0.25) is 15.9 Å². The van der Waals surface area contributed by atoms with Crippen molar-refractivity contribution in [1.82, 2.24) is 24.8 Å². The van der Waals surface area contributed by atoms with Crippen molar-refractivity contribution in [2.24, 2.45) is 0 Å². The molecule has 0 unspecified atom stereocenters. The van der Waals surface area contributed by atoms with Crippen LogP contribution in [0.2, 0.25) is 15.1 Å². The fraction of sp³-hybridized carbons (Fsp3) is 0.211. The van der Waals surface area contributed by atoms with Crippen LogP contribution in [-0.2, 0) is 21.4 Å². The van der Waals surface area contributed by atoms with Gasteiger partial charge in [0, 0.05) is 33.9 Å². The second kappa shape index (κ2) is 11.4. The number of aromatic amines is 1. The smallest absolute Gasteiger partial charge is 0.243 e. The minimum Gasteiger partial charge on any atom is -0.354 e. The molecule has 2 N–H and O–H groups in total. The van der Waals surface area contributed by atoms with Crippen LogP contribution in [-0.4, -0.2) is 52.7 Å². The number of nitrogens with one attached hydrogen (secondary N) is 2. The Morgan fingerprint density at radius 1 is 1.09 bits per heavy atom. The summed E-state index contributed by atoms with van der Waals surface area (Å²) in [7, 11) is -4.01. The fourth-order valence-electron chi connectivity index (χ4n) is 2.64. The number of aromatic nitrogens is 3. The van der Waals surface area contributed by atoms with E-state index in [1.165, 1.54) is 48.4 Å². The number of rotatable bonds is 10. The molecule has 1 heterocycles. The zero-order chi connectivity index (χ0) is 23.1. The fourth-order valence-corrected chi connectivity index (χ4v) is 5.24. The monoisotopic (exact) mass is 533 g/mol. The number of hydrogen-bond acceptors (Lipinski definition) is 6. The van der Waals surface area contributed by atoms with E-state index < -0.39 is 22.5 Å². The third-order valence-electron chi connectivity index (χ3n) is 4.19. The Kier molecular flexibility index (Phi) is 8.80. The second-order valence-corrected chi connectivity index (χ2v) is 10.8. The first-order valence-electron chi connectivity index (χ1n) is 9.20. The molecular weight excluding hydrogens is 517 g/mol. The Bertz CT molecular complexity index is 1160. The summed E-state index contributed by atoms with van der Waals surface area (Å²) in [6.45, 7) is -0.182. The molecule has 1 aromatic heterocycles. The molecule has 170 valence electrons. The molecule has 13 heteroatoms. The minimum absolute atomic E-state index is 0.0145. The first-order chi connectivity index (χ1) is 15.3. The maximum absolute atomic E-state index is 13.3. The molecule has 0 spiro atoms. The average Bonchev–Trinajstić information content (AvgIpc) is 3.26. The van der Waals surface area contributed by atoms with E-state index >= 15 is 0 Å². The Labute approximate surface area is 204 Å². The van der Waals surface area contributed by atoms with Crippen LogP contribution in [0.3, 0.4) is 0 Å². The zero-order valence-electron chi connectivity index (χ0n) is 16.5. The van der Waals surface area contributed by atoms with Gasteiger partial charge in [-0.05, 0) is 42.0 Å². The molecule has 1 amide bonds. The van der Waals surface area contributed by atoms with Crippen molar-refractivity contribution in [3.8, 4) is 0 Å². The molecule has 0 fully saturated rings.